The Labute approximate surface area is 96.9 Å². The zero-order valence-corrected chi connectivity index (χ0v) is 9.84. The van der Waals surface area contributed by atoms with Crippen LogP contribution in [0.25, 0.3) is 10.3 Å². The highest BCUT2D eigenvalue weighted by atomic mass is 32.1. The second kappa shape index (κ2) is 3.18. The summed E-state index contributed by atoms with van der Waals surface area (Å²) in [7, 11) is 0. The first-order chi connectivity index (χ1) is 7.62. The molecule has 1 fully saturated rings. The lowest BCUT2D eigenvalue weighted by Gasteiger charge is -2.19. The van der Waals surface area contributed by atoms with Crippen LogP contribution in [0.2, 0.25) is 0 Å². The molecule has 3 nitrogen and oxygen atoms in total. The summed E-state index contributed by atoms with van der Waals surface area (Å²) in [5, 5.41) is 0. The van der Waals surface area contributed by atoms with E-state index in [4.69, 9.17) is 10.2 Å². The van der Waals surface area contributed by atoms with Crippen LogP contribution < -0.4 is 10.7 Å². The van der Waals surface area contributed by atoms with Crippen LogP contribution in [-0.2, 0) is 5.41 Å². The van der Waals surface area contributed by atoms with Crippen LogP contribution in [0.4, 0.5) is 0 Å². The molecule has 0 saturated heterocycles. The van der Waals surface area contributed by atoms with Gasteiger partial charge in [0.2, 0.25) is 0 Å². The SMILES string of the molecule is CC(N)C1(c2ccc3sc(=O)oc3c2)CC1. The third kappa shape index (κ3) is 1.33. The van der Waals surface area contributed by atoms with E-state index in [9.17, 15) is 4.79 Å². The van der Waals surface area contributed by atoms with E-state index in [-0.39, 0.29) is 16.4 Å². The molecule has 1 saturated carbocycles. The maximum absolute atomic E-state index is 11.1. The van der Waals surface area contributed by atoms with E-state index in [0.717, 1.165) is 28.9 Å². The molecule has 0 bridgehead atoms. The molecule has 2 N–H and O–H groups in total. The summed E-state index contributed by atoms with van der Waals surface area (Å²) in [6, 6.07) is 6.16. The predicted molar refractivity (Wildman–Crippen MR) is 64.9 cm³/mol. The molecule has 84 valence electrons. The molecule has 3 rings (SSSR count). The van der Waals surface area contributed by atoms with E-state index in [0.29, 0.717) is 5.58 Å². The van der Waals surface area contributed by atoms with Crippen LogP contribution in [0.15, 0.2) is 27.4 Å². The van der Waals surface area contributed by atoms with Gasteiger partial charge in [-0.3, -0.25) is 0 Å². The van der Waals surface area contributed by atoms with E-state index in [1.807, 2.05) is 19.1 Å². The maximum atomic E-state index is 11.1. The first-order valence-corrected chi connectivity index (χ1v) is 6.23. The Balaban J connectivity index is 2.15. The molecule has 1 aromatic carbocycles. The fourth-order valence-corrected chi connectivity index (χ4v) is 2.97. The van der Waals surface area contributed by atoms with Gasteiger partial charge in [-0.1, -0.05) is 17.4 Å². The fraction of sp³-hybridized carbons (Fsp3) is 0.417. The molecule has 16 heavy (non-hydrogen) atoms. The van der Waals surface area contributed by atoms with Gasteiger partial charge in [-0.05, 0) is 37.5 Å². The minimum absolute atomic E-state index is 0.120. The largest absolute Gasteiger partial charge is 0.414 e. The Bertz CT molecular complexity index is 592. The highest BCUT2D eigenvalue weighted by molar-refractivity contribution is 7.16. The average Bonchev–Trinajstić information content (AvgIpc) is 2.95. The van der Waals surface area contributed by atoms with Crippen molar-refractivity contribution >= 4 is 21.6 Å². The summed E-state index contributed by atoms with van der Waals surface area (Å²) in [5.74, 6) is 0. The molecule has 1 aliphatic carbocycles. The molecule has 1 aromatic heterocycles. The summed E-state index contributed by atoms with van der Waals surface area (Å²) < 4.78 is 6.04. The van der Waals surface area contributed by atoms with E-state index < -0.39 is 0 Å². The van der Waals surface area contributed by atoms with Crippen molar-refractivity contribution in [2.45, 2.75) is 31.2 Å². The summed E-state index contributed by atoms with van der Waals surface area (Å²) >= 11 is 1.15. The molecule has 1 unspecified atom stereocenters. The van der Waals surface area contributed by atoms with Crippen LogP contribution >= 0.6 is 11.3 Å². The molecule has 1 heterocycles. The van der Waals surface area contributed by atoms with E-state index in [2.05, 4.69) is 6.07 Å². The van der Waals surface area contributed by atoms with Gasteiger partial charge in [0.1, 0.15) is 5.58 Å². The van der Waals surface area contributed by atoms with Gasteiger partial charge in [-0.2, -0.15) is 0 Å². The maximum Gasteiger partial charge on any atom is 0.396 e. The molecular formula is C12H13NO2S. The van der Waals surface area contributed by atoms with Gasteiger partial charge in [-0.25, -0.2) is 4.79 Å². The van der Waals surface area contributed by atoms with Gasteiger partial charge in [0, 0.05) is 11.5 Å². The van der Waals surface area contributed by atoms with Gasteiger partial charge < -0.3 is 10.2 Å². The Hall–Kier alpha value is -1.13. The number of fused-ring (bicyclic) bond motifs is 1. The number of nitrogens with two attached hydrogens (primary N) is 1. The number of hydrogen-bond donors (Lipinski definition) is 1. The van der Waals surface area contributed by atoms with Gasteiger partial charge in [-0.15, -0.1) is 0 Å². The van der Waals surface area contributed by atoms with Crippen LogP contribution in [0, 0.1) is 0 Å². The molecule has 0 aliphatic heterocycles. The van der Waals surface area contributed by atoms with Gasteiger partial charge >= 0.3 is 4.94 Å². The van der Waals surface area contributed by atoms with Crippen molar-refractivity contribution in [3.63, 3.8) is 0 Å². The lowest BCUT2D eigenvalue weighted by atomic mass is 9.89. The first-order valence-electron chi connectivity index (χ1n) is 5.42. The molecule has 0 radical (unpaired) electrons. The zero-order chi connectivity index (χ0) is 11.3. The Morgan fingerprint density at radius 2 is 2.25 bits per heavy atom. The van der Waals surface area contributed by atoms with Crippen LogP contribution in [0.5, 0.6) is 0 Å². The Morgan fingerprint density at radius 1 is 1.50 bits per heavy atom. The van der Waals surface area contributed by atoms with Crippen molar-refractivity contribution < 1.29 is 4.42 Å². The van der Waals surface area contributed by atoms with Crippen LogP contribution in [0.3, 0.4) is 0 Å². The van der Waals surface area contributed by atoms with Crippen molar-refractivity contribution in [3.8, 4) is 0 Å². The third-order valence-electron chi connectivity index (χ3n) is 3.57. The molecule has 1 aliphatic rings. The van der Waals surface area contributed by atoms with E-state index >= 15 is 0 Å². The minimum Gasteiger partial charge on any atom is -0.414 e. The number of rotatable bonds is 2. The molecular weight excluding hydrogens is 222 g/mol. The van der Waals surface area contributed by atoms with E-state index in [1.165, 1.54) is 5.56 Å². The van der Waals surface area contributed by atoms with Crippen molar-refractivity contribution in [1.82, 2.24) is 0 Å². The lowest BCUT2D eigenvalue weighted by molar-refractivity contribution is 0.552. The molecule has 0 amide bonds. The summed E-state index contributed by atoms with van der Waals surface area (Å²) in [4.78, 5) is 10.9. The normalized spacial score (nSPS) is 19.9. The summed E-state index contributed by atoms with van der Waals surface area (Å²) in [6.45, 7) is 2.04. The third-order valence-corrected chi connectivity index (χ3v) is 4.37. The predicted octanol–water partition coefficient (Wildman–Crippen LogP) is 2.23. The van der Waals surface area contributed by atoms with Gasteiger partial charge in [0.15, 0.2) is 0 Å². The topological polar surface area (TPSA) is 56.2 Å². The van der Waals surface area contributed by atoms with E-state index in [1.54, 1.807) is 0 Å². The first kappa shape index (κ1) is 10.1. The van der Waals surface area contributed by atoms with Gasteiger partial charge in [0.05, 0.1) is 4.70 Å². The average molecular weight is 235 g/mol. The van der Waals surface area contributed by atoms with Crippen molar-refractivity contribution in [1.29, 1.82) is 0 Å². The molecule has 2 aromatic rings. The molecule has 1 atom stereocenters. The standard InChI is InChI=1S/C12H13NO2S/c1-7(13)12(4-5-12)8-2-3-10-9(6-8)15-11(14)16-10/h2-3,6-7H,4-5,13H2,1H3. The van der Waals surface area contributed by atoms with Gasteiger partial charge in [0.25, 0.3) is 0 Å². The quantitative estimate of drug-likeness (QED) is 0.868. The highest BCUT2D eigenvalue weighted by Gasteiger charge is 2.47. The number of hydrogen-bond acceptors (Lipinski definition) is 4. The molecule has 4 heteroatoms. The second-order valence-corrected chi connectivity index (χ2v) is 5.54. The summed E-state index contributed by atoms with van der Waals surface area (Å²) in [5.41, 5.74) is 8.04. The van der Waals surface area contributed by atoms with Crippen LogP contribution in [0.1, 0.15) is 25.3 Å². The minimum atomic E-state index is -0.238. The monoisotopic (exact) mass is 235 g/mol. The van der Waals surface area contributed by atoms with Crippen molar-refractivity contribution in [2.75, 3.05) is 0 Å². The Morgan fingerprint density at radius 3 is 2.88 bits per heavy atom. The fourth-order valence-electron chi connectivity index (χ4n) is 2.32. The number of benzene rings is 1. The van der Waals surface area contributed by atoms with Crippen molar-refractivity contribution in [3.05, 3.63) is 33.5 Å². The highest BCUT2D eigenvalue weighted by Crippen LogP contribution is 2.50. The van der Waals surface area contributed by atoms with Crippen LogP contribution in [-0.4, -0.2) is 6.04 Å². The lowest BCUT2D eigenvalue weighted by Crippen LogP contribution is -2.31. The smallest absolute Gasteiger partial charge is 0.396 e. The Kier molecular flexibility index (Phi) is 2.00. The zero-order valence-electron chi connectivity index (χ0n) is 9.03. The second-order valence-electron chi connectivity index (χ2n) is 4.56. The summed E-state index contributed by atoms with van der Waals surface area (Å²) in [6.07, 6.45) is 2.26. The molecule has 0 spiro atoms. The van der Waals surface area contributed by atoms with Crippen molar-refractivity contribution in [2.24, 2.45) is 5.73 Å².